The number of nitrogens with one attached hydrogen (secondary N) is 1. The molecule has 5 nitrogen and oxygen atoms in total. The van der Waals surface area contributed by atoms with Crippen LogP contribution in [0, 0.1) is 0 Å². The van der Waals surface area contributed by atoms with Gasteiger partial charge in [0, 0.05) is 18.5 Å². The highest BCUT2D eigenvalue weighted by Gasteiger charge is 2.36. The molecule has 0 unspecified atom stereocenters. The van der Waals surface area contributed by atoms with Gasteiger partial charge in [-0.2, -0.15) is 0 Å². The monoisotopic (exact) mass is 420 g/mol. The maximum absolute atomic E-state index is 12.6. The molecule has 0 spiro atoms. The highest BCUT2D eigenvalue weighted by atomic mass is 32.2. The van der Waals surface area contributed by atoms with Gasteiger partial charge in [-0.15, -0.1) is 11.8 Å². The Bertz CT molecular complexity index is 620. The average Bonchev–Trinajstić information content (AvgIpc) is 2.76. The molecule has 3 atom stereocenters. The van der Waals surface area contributed by atoms with Gasteiger partial charge in [0.15, 0.2) is 0 Å². The summed E-state index contributed by atoms with van der Waals surface area (Å²) in [6, 6.07) is 11.0. The molecule has 1 heterocycles. The van der Waals surface area contributed by atoms with Crippen LogP contribution in [0.15, 0.2) is 30.3 Å². The van der Waals surface area contributed by atoms with Crippen molar-refractivity contribution in [3.63, 3.8) is 0 Å². The lowest BCUT2D eigenvalue weighted by Gasteiger charge is -2.43. The van der Waals surface area contributed by atoms with Crippen molar-refractivity contribution in [2.45, 2.75) is 75.7 Å². The van der Waals surface area contributed by atoms with Gasteiger partial charge in [-0.25, -0.2) is 0 Å². The Labute approximate surface area is 179 Å². The molecule has 1 aromatic carbocycles. The number of aliphatic hydroxyl groups excluding tert-OH is 1. The number of carbonyl (C=O) groups is 1. The molecule has 2 N–H and O–H groups in total. The third-order valence-electron chi connectivity index (χ3n) is 6.36. The number of thioether (sulfide) groups is 1. The Kier molecular flexibility index (Phi) is 8.85. The number of hydrogen-bond acceptors (Lipinski definition) is 5. The first-order valence-electron chi connectivity index (χ1n) is 11.0. The van der Waals surface area contributed by atoms with Gasteiger partial charge in [0.05, 0.1) is 18.8 Å². The summed E-state index contributed by atoms with van der Waals surface area (Å²) in [6.07, 6.45) is 7.83. The molecule has 29 heavy (non-hydrogen) atoms. The second-order valence-electron chi connectivity index (χ2n) is 8.38. The molecule has 1 aromatic rings. The van der Waals surface area contributed by atoms with Crippen LogP contribution in [0.25, 0.3) is 0 Å². The van der Waals surface area contributed by atoms with Crippen LogP contribution in [0.1, 0.15) is 56.9 Å². The van der Waals surface area contributed by atoms with Crippen molar-refractivity contribution in [1.29, 1.82) is 0 Å². The van der Waals surface area contributed by atoms with E-state index in [9.17, 15) is 9.90 Å². The molecule has 2 fully saturated rings. The Hall–Kier alpha value is -1.08. The zero-order valence-electron chi connectivity index (χ0n) is 17.8. The predicted molar refractivity (Wildman–Crippen MR) is 119 cm³/mol. The minimum absolute atomic E-state index is 0.00940. The summed E-state index contributed by atoms with van der Waals surface area (Å²) in [5, 5.41) is 13.4. The molecule has 162 valence electrons. The average molecular weight is 421 g/mol. The molecule has 0 bridgehead atoms. The third-order valence-corrected chi connectivity index (χ3v) is 6.81. The molecule has 1 saturated heterocycles. The zero-order chi connectivity index (χ0) is 20.6. The van der Waals surface area contributed by atoms with Crippen molar-refractivity contribution in [1.82, 2.24) is 10.2 Å². The minimum atomic E-state index is -0.960. The van der Waals surface area contributed by atoms with Crippen LogP contribution in [0.3, 0.4) is 0 Å². The van der Waals surface area contributed by atoms with Gasteiger partial charge >= 0.3 is 0 Å². The summed E-state index contributed by atoms with van der Waals surface area (Å²) in [7, 11) is 0. The normalized spacial score (nSPS) is 28.9. The van der Waals surface area contributed by atoms with Gasteiger partial charge in [-0.3, -0.25) is 4.79 Å². The highest BCUT2D eigenvalue weighted by molar-refractivity contribution is 7.98. The molecular formula is C23H36N2O3S. The van der Waals surface area contributed by atoms with Crippen LogP contribution in [0.2, 0.25) is 0 Å². The standard InChI is InChI=1S/C23H36N2O3S/c1-17(26)23(27)25-14-6-9-21(24-16-29-2)22(25)15-28-20-12-10-19(11-13-20)18-7-4-3-5-8-18/h3-5,7-8,17,19-22,24,26H,6,9-16H2,1-2H3/t17-,19?,20?,21-,22-/m0/s1. The van der Waals surface area contributed by atoms with Crippen LogP contribution in [0.4, 0.5) is 0 Å². The molecule has 3 rings (SSSR count). The number of nitrogens with zero attached hydrogens (tertiary/aromatic N) is 1. The van der Waals surface area contributed by atoms with Gasteiger partial charge in [-0.1, -0.05) is 30.3 Å². The fraction of sp³-hybridized carbons (Fsp3) is 0.696. The molecule has 1 aliphatic carbocycles. The van der Waals surface area contributed by atoms with Crippen molar-refractivity contribution in [3.05, 3.63) is 35.9 Å². The number of hydrogen-bond donors (Lipinski definition) is 2. The smallest absolute Gasteiger partial charge is 0.251 e. The van der Waals surface area contributed by atoms with E-state index in [0.717, 1.165) is 44.4 Å². The number of ether oxygens (including phenoxy) is 1. The number of benzene rings is 1. The van der Waals surface area contributed by atoms with Crippen molar-refractivity contribution < 1.29 is 14.6 Å². The maximum atomic E-state index is 12.6. The number of rotatable bonds is 8. The Morgan fingerprint density at radius 1 is 1.24 bits per heavy atom. The fourth-order valence-electron chi connectivity index (χ4n) is 4.73. The predicted octanol–water partition coefficient (Wildman–Crippen LogP) is 3.38. The van der Waals surface area contributed by atoms with Crippen molar-refractivity contribution in [3.8, 4) is 0 Å². The number of piperidine rings is 1. The van der Waals surface area contributed by atoms with Gasteiger partial charge < -0.3 is 20.1 Å². The fourth-order valence-corrected chi connectivity index (χ4v) is 5.11. The molecule has 0 aromatic heterocycles. The topological polar surface area (TPSA) is 61.8 Å². The summed E-state index contributed by atoms with van der Waals surface area (Å²) in [5.41, 5.74) is 1.44. The molecule has 1 amide bonds. The van der Waals surface area contributed by atoms with Gasteiger partial charge in [0.1, 0.15) is 6.10 Å². The van der Waals surface area contributed by atoms with E-state index in [4.69, 9.17) is 4.74 Å². The molecule has 6 heteroatoms. The van der Waals surface area contributed by atoms with E-state index in [-0.39, 0.29) is 24.1 Å². The molecular weight excluding hydrogens is 384 g/mol. The first-order chi connectivity index (χ1) is 14.1. The lowest BCUT2D eigenvalue weighted by molar-refractivity contribution is -0.146. The Morgan fingerprint density at radius 3 is 2.62 bits per heavy atom. The maximum Gasteiger partial charge on any atom is 0.251 e. The van der Waals surface area contributed by atoms with Crippen LogP contribution < -0.4 is 5.32 Å². The van der Waals surface area contributed by atoms with Gasteiger partial charge in [0.2, 0.25) is 0 Å². The van der Waals surface area contributed by atoms with Gasteiger partial charge in [-0.05, 0) is 63.2 Å². The SMILES string of the molecule is CSCN[C@H]1CCCN(C(=O)[C@H](C)O)[C@H]1COC1CCC(c2ccccc2)CC1. The minimum Gasteiger partial charge on any atom is -0.384 e. The van der Waals surface area contributed by atoms with E-state index < -0.39 is 6.10 Å². The summed E-state index contributed by atoms with van der Waals surface area (Å²) in [6.45, 7) is 2.81. The van der Waals surface area contributed by atoms with Crippen LogP contribution >= 0.6 is 11.8 Å². The summed E-state index contributed by atoms with van der Waals surface area (Å²) in [5.74, 6) is 1.32. The summed E-state index contributed by atoms with van der Waals surface area (Å²) in [4.78, 5) is 14.4. The molecule has 0 radical (unpaired) electrons. The number of likely N-dealkylation sites (tertiary alicyclic amines) is 1. The molecule has 1 aliphatic heterocycles. The van der Waals surface area contributed by atoms with Crippen molar-refractivity contribution in [2.24, 2.45) is 0 Å². The number of aliphatic hydroxyl groups is 1. The Balaban J connectivity index is 1.56. The van der Waals surface area contributed by atoms with E-state index in [1.165, 1.54) is 5.56 Å². The summed E-state index contributed by atoms with van der Waals surface area (Å²) < 4.78 is 6.35. The Morgan fingerprint density at radius 2 is 1.97 bits per heavy atom. The lowest BCUT2D eigenvalue weighted by atomic mass is 9.83. The summed E-state index contributed by atoms with van der Waals surface area (Å²) >= 11 is 1.75. The largest absolute Gasteiger partial charge is 0.384 e. The molecule has 2 aliphatic rings. The van der Waals surface area contributed by atoms with Gasteiger partial charge in [0.25, 0.3) is 5.91 Å². The second kappa shape index (κ2) is 11.3. The third kappa shape index (κ3) is 6.20. The van der Waals surface area contributed by atoms with E-state index >= 15 is 0 Å². The first kappa shape index (κ1) is 22.6. The van der Waals surface area contributed by atoms with Crippen molar-refractivity contribution >= 4 is 17.7 Å². The highest BCUT2D eigenvalue weighted by Crippen LogP contribution is 2.34. The van der Waals surface area contributed by atoms with E-state index in [1.807, 2.05) is 4.90 Å². The van der Waals surface area contributed by atoms with Crippen LogP contribution in [-0.4, -0.2) is 65.5 Å². The first-order valence-corrected chi connectivity index (χ1v) is 12.4. The van der Waals surface area contributed by atoms with Crippen molar-refractivity contribution in [2.75, 3.05) is 25.3 Å². The zero-order valence-corrected chi connectivity index (χ0v) is 18.6. The van der Waals surface area contributed by atoms with Crippen LogP contribution in [-0.2, 0) is 9.53 Å². The van der Waals surface area contributed by atoms with E-state index in [0.29, 0.717) is 19.1 Å². The second-order valence-corrected chi connectivity index (χ2v) is 9.24. The van der Waals surface area contributed by atoms with E-state index in [2.05, 4.69) is 41.9 Å². The lowest BCUT2D eigenvalue weighted by Crippen LogP contribution is -2.59. The number of amides is 1. The number of carbonyl (C=O) groups excluding carboxylic acids is 1. The quantitative estimate of drug-likeness (QED) is 0.632. The van der Waals surface area contributed by atoms with Crippen LogP contribution in [0.5, 0.6) is 0 Å². The molecule has 1 saturated carbocycles. The van der Waals surface area contributed by atoms with E-state index in [1.54, 1.807) is 18.7 Å².